The van der Waals surface area contributed by atoms with Crippen molar-refractivity contribution in [2.75, 3.05) is 6.54 Å². The molecule has 2 aromatic rings. The van der Waals surface area contributed by atoms with Crippen molar-refractivity contribution >= 4 is 8.32 Å². The molecule has 1 saturated heterocycles. The largest absolute Gasteiger partial charge is 0.541 e. The van der Waals surface area contributed by atoms with Crippen molar-refractivity contribution in [1.82, 2.24) is 5.32 Å². The third-order valence-corrected chi connectivity index (χ3v) is 13.8. The molecule has 200 valence electrons. The van der Waals surface area contributed by atoms with Crippen LogP contribution in [0.2, 0.25) is 16.6 Å². The van der Waals surface area contributed by atoms with Crippen LogP contribution < -0.4 is 9.74 Å². The minimum atomic E-state index is -2.49. The lowest BCUT2D eigenvalue weighted by Gasteiger charge is -2.42. The number of rotatable bonds is 9. The monoisotopic (exact) mass is 523 g/mol. The van der Waals surface area contributed by atoms with E-state index in [1.165, 1.54) is 12.1 Å². The molecule has 0 saturated carbocycles. The average Bonchev–Trinajstić information content (AvgIpc) is 2.78. The molecule has 3 atom stereocenters. The fraction of sp³-hybridized carbons (Fsp3) is 0.571. The molecular formula is C28H40F3NO3Si. The molecule has 0 aromatic heterocycles. The summed E-state index contributed by atoms with van der Waals surface area (Å²) in [5, 5.41) is 25.2. The Hall–Kier alpha value is -1.87. The number of halogens is 3. The lowest BCUT2D eigenvalue weighted by Crippen LogP contribution is -2.50. The van der Waals surface area contributed by atoms with Crippen LogP contribution in [0.3, 0.4) is 0 Å². The molecule has 1 fully saturated rings. The highest BCUT2D eigenvalue weighted by molar-refractivity contribution is 6.78. The third-order valence-electron chi connectivity index (χ3n) is 7.83. The van der Waals surface area contributed by atoms with E-state index in [4.69, 9.17) is 4.43 Å². The van der Waals surface area contributed by atoms with Crippen LogP contribution in [0.5, 0.6) is 5.75 Å². The fourth-order valence-electron chi connectivity index (χ4n) is 6.09. The molecule has 8 heteroatoms. The van der Waals surface area contributed by atoms with E-state index in [2.05, 4.69) is 46.9 Å². The molecule has 3 unspecified atom stereocenters. The van der Waals surface area contributed by atoms with Gasteiger partial charge in [-0.25, -0.2) is 13.2 Å². The van der Waals surface area contributed by atoms with E-state index >= 15 is 8.78 Å². The first-order chi connectivity index (χ1) is 16.8. The number of benzene rings is 2. The summed E-state index contributed by atoms with van der Waals surface area (Å²) in [6.07, 6.45) is -0.630. The Bertz CT molecular complexity index is 1030. The first-order valence-electron chi connectivity index (χ1n) is 12.9. The topological polar surface area (TPSA) is 61.7 Å². The van der Waals surface area contributed by atoms with Crippen molar-refractivity contribution in [3.05, 3.63) is 65.0 Å². The molecule has 4 nitrogen and oxygen atoms in total. The minimum absolute atomic E-state index is 0.0663. The number of hydrogen-bond donors (Lipinski definition) is 3. The van der Waals surface area contributed by atoms with E-state index in [1.54, 1.807) is 12.1 Å². The Morgan fingerprint density at radius 2 is 1.64 bits per heavy atom. The maximum absolute atomic E-state index is 15.2. The second-order valence-corrected chi connectivity index (χ2v) is 16.5. The molecule has 3 rings (SSSR count). The van der Waals surface area contributed by atoms with Crippen LogP contribution in [0.1, 0.15) is 78.0 Å². The van der Waals surface area contributed by atoms with Gasteiger partial charge in [-0.3, -0.25) is 0 Å². The Morgan fingerprint density at radius 1 is 1.00 bits per heavy atom. The van der Waals surface area contributed by atoms with E-state index in [0.29, 0.717) is 18.5 Å². The van der Waals surface area contributed by atoms with Crippen LogP contribution in [0, 0.1) is 17.5 Å². The van der Waals surface area contributed by atoms with E-state index in [-0.39, 0.29) is 46.8 Å². The molecule has 3 N–H and O–H groups in total. The Labute approximate surface area is 214 Å². The van der Waals surface area contributed by atoms with Crippen LogP contribution in [-0.2, 0) is 5.60 Å². The molecule has 0 amide bonds. The molecule has 1 aliphatic heterocycles. The van der Waals surface area contributed by atoms with Gasteiger partial charge in [-0.15, -0.1) is 0 Å². The maximum atomic E-state index is 15.2. The number of aliphatic hydroxyl groups is 2. The van der Waals surface area contributed by atoms with E-state index < -0.39 is 37.5 Å². The van der Waals surface area contributed by atoms with E-state index in [9.17, 15) is 14.6 Å². The molecule has 36 heavy (non-hydrogen) atoms. The summed E-state index contributed by atoms with van der Waals surface area (Å²) in [7, 11) is -2.49. The van der Waals surface area contributed by atoms with E-state index in [1.807, 2.05) is 0 Å². The number of nitrogens with one attached hydrogen (secondary N) is 1. The minimum Gasteiger partial charge on any atom is -0.541 e. The number of aliphatic hydroxyl groups excluding tert-OH is 1. The van der Waals surface area contributed by atoms with Crippen molar-refractivity contribution in [3.8, 4) is 5.75 Å². The summed E-state index contributed by atoms with van der Waals surface area (Å²) in [5.41, 5.74) is -0.362. The Balaban J connectivity index is 1.80. The molecule has 1 aliphatic rings. The average molecular weight is 524 g/mol. The highest BCUT2D eigenvalue weighted by Crippen LogP contribution is 2.44. The van der Waals surface area contributed by atoms with Crippen molar-refractivity contribution in [3.63, 3.8) is 0 Å². The normalized spacial score (nSPS) is 21.9. The van der Waals surface area contributed by atoms with Gasteiger partial charge in [0.1, 0.15) is 17.4 Å². The van der Waals surface area contributed by atoms with Crippen LogP contribution in [-0.4, -0.2) is 31.1 Å². The predicted octanol–water partition coefficient (Wildman–Crippen LogP) is 6.72. The van der Waals surface area contributed by atoms with Crippen LogP contribution in [0.15, 0.2) is 36.4 Å². The zero-order valence-corrected chi connectivity index (χ0v) is 23.1. The first kappa shape index (κ1) is 28.7. The molecule has 1 heterocycles. The zero-order valence-electron chi connectivity index (χ0n) is 22.1. The van der Waals surface area contributed by atoms with Gasteiger partial charge in [0.15, 0.2) is 5.82 Å². The van der Waals surface area contributed by atoms with Crippen molar-refractivity contribution in [2.45, 2.75) is 95.2 Å². The van der Waals surface area contributed by atoms with Gasteiger partial charge in [0.25, 0.3) is 8.32 Å². The summed E-state index contributed by atoms with van der Waals surface area (Å²) in [6, 6.07) is 7.55. The van der Waals surface area contributed by atoms with Gasteiger partial charge in [-0.2, -0.15) is 0 Å². The maximum Gasteiger partial charge on any atom is 0.258 e. The van der Waals surface area contributed by atoms with Crippen LogP contribution >= 0.6 is 0 Å². The predicted molar refractivity (Wildman–Crippen MR) is 139 cm³/mol. The molecule has 2 aromatic carbocycles. The third kappa shape index (κ3) is 5.82. The standard InChI is InChI=1S/C28H40F3NO3Si/c1-17(2)36(18(3)4,19(5)6)35-27-15-24(30)23(14-25(27)31)26(33)13-22-16-28(34,10-11-32-22)20-8-7-9-21(29)12-20/h7-9,12,14-15,17-19,22,26,32-34H,10-11,13,16H2,1-6H3. The Morgan fingerprint density at radius 3 is 2.22 bits per heavy atom. The van der Waals surface area contributed by atoms with Gasteiger partial charge in [0, 0.05) is 17.7 Å². The lowest BCUT2D eigenvalue weighted by molar-refractivity contribution is -0.0166. The SMILES string of the molecule is CC(C)[Si](Oc1cc(F)c(C(O)CC2CC(O)(c3cccc(F)c3)CCN2)cc1F)(C(C)C)C(C)C. The summed E-state index contributed by atoms with van der Waals surface area (Å²) >= 11 is 0. The van der Waals surface area contributed by atoms with Gasteiger partial charge < -0.3 is 20.0 Å². The van der Waals surface area contributed by atoms with Gasteiger partial charge in [-0.05, 0) is 66.2 Å². The molecule has 0 bridgehead atoms. The van der Waals surface area contributed by atoms with Crippen LogP contribution in [0.25, 0.3) is 0 Å². The molecule has 0 radical (unpaired) electrons. The molecule has 0 spiro atoms. The highest BCUT2D eigenvalue weighted by atomic mass is 28.4. The van der Waals surface area contributed by atoms with Gasteiger partial charge >= 0.3 is 0 Å². The summed E-state index contributed by atoms with van der Waals surface area (Å²) < 4.78 is 50.4. The molecular weight excluding hydrogens is 483 g/mol. The lowest BCUT2D eigenvalue weighted by atomic mass is 9.80. The van der Waals surface area contributed by atoms with E-state index in [0.717, 1.165) is 12.1 Å². The smallest absolute Gasteiger partial charge is 0.258 e. The highest BCUT2D eigenvalue weighted by Gasteiger charge is 2.47. The summed E-state index contributed by atoms with van der Waals surface area (Å²) in [6.45, 7) is 12.9. The Kier molecular flexibility index (Phi) is 8.97. The quantitative estimate of drug-likeness (QED) is 0.319. The van der Waals surface area contributed by atoms with Crippen molar-refractivity contribution in [1.29, 1.82) is 0 Å². The molecule has 0 aliphatic carbocycles. The second-order valence-electron chi connectivity index (χ2n) is 11.1. The number of hydrogen-bond acceptors (Lipinski definition) is 4. The van der Waals surface area contributed by atoms with Gasteiger partial charge in [-0.1, -0.05) is 53.7 Å². The number of piperidine rings is 1. The van der Waals surface area contributed by atoms with Crippen molar-refractivity contribution < 1.29 is 27.8 Å². The summed E-state index contributed by atoms with van der Waals surface area (Å²) in [5.74, 6) is -1.97. The van der Waals surface area contributed by atoms with Gasteiger partial charge in [0.05, 0.1) is 11.7 Å². The summed E-state index contributed by atoms with van der Waals surface area (Å²) in [4.78, 5) is 0. The zero-order chi connectivity index (χ0) is 26.8. The second kappa shape index (κ2) is 11.3. The van der Waals surface area contributed by atoms with Crippen LogP contribution in [0.4, 0.5) is 13.2 Å². The van der Waals surface area contributed by atoms with Gasteiger partial charge in [0.2, 0.25) is 0 Å². The fourth-order valence-corrected chi connectivity index (χ4v) is 11.3. The van der Waals surface area contributed by atoms with Crippen molar-refractivity contribution in [2.24, 2.45) is 0 Å². The first-order valence-corrected chi connectivity index (χ1v) is 15.0.